The molecule has 0 unspecified atom stereocenters. The second kappa shape index (κ2) is 3.91. The van der Waals surface area contributed by atoms with Gasteiger partial charge in [-0.05, 0) is 37.0 Å². The van der Waals surface area contributed by atoms with Gasteiger partial charge in [-0.3, -0.25) is 4.79 Å². The molecule has 0 saturated heterocycles. The van der Waals surface area contributed by atoms with Crippen LogP contribution in [0.25, 0.3) is 0 Å². The van der Waals surface area contributed by atoms with Crippen LogP contribution in [-0.2, 0) is 29.2 Å². The van der Waals surface area contributed by atoms with Gasteiger partial charge in [0.1, 0.15) is 0 Å². The zero-order chi connectivity index (χ0) is 11.8. The van der Waals surface area contributed by atoms with Crippen LogP contribution in [-0.4, -0.2) is 11.1 Å². The van der Waals surface area contributed by atoms with Gasteiger partial charge < -0.3 is 9.84 Å². The van der Waals surface area contributed by atoms with Crippen LogP contribution in [0.1, 0.15) is 30.5 Å². The average molecular weight is 220 g/mol. The van der Waals surface area contributed by atoms with Gasteiger partial charge in [0.05, 0.1) is 18.6 Å². The van der Waals surface area contributed by atoms with E-state index in [2.05, 4.69) is 0 Å². The van der Waals surface area contributed by atoms with Crippen LogP contribution in [0.4, 0.5) is 0 Å². The molecule has 0 saturated carbocycles. The molecule has 0 aliphatic carbocycles. The van der Waals surface area contributed by atoms with Gasteiger partial charge in [-0.15, -0.1) is 0 Å². The van der Waals surface area contributed by atoms with E-state index in [1.54, 1.807) is 13.8 Å². The molecule has 0 bridgehead atoms. The maximum atomic E-state index is 11.1. The van der Waals surface area contributed by atoms with E-state index in [1.807, 2.05) is 18.2 Å². The van der Waals surface area contributed by atoms with Crippen molar-refractivity contribution in [2.24, 2.45) is 5.41 Å². The van der Waals surface area contributed by atoms with E-state index >= 15 is 0 Å². The van der Waals surface area contributed by atoms with E-state index < -0.39 is 11.4 Å². The van der Waals surface area contributed by atoms with Crippen molar-refractivity contribution in [1.29, 1.82) is 0 Å². The minimum absolute atomic E-state index is 0.550. The van der Waals surface area contributed by atoms with E-state index in [0.29, 0.717) is 19.6 Å². The van der Waals surface area contributed by atoms with Gasteiger partial charge >= 0.3 is 5.97 Å². The fourth-order valence-electron chi connectivity index (χ4n) is 1.99. The van der Waals surface area contributed by atoms with Crippen LogP contribution in [0.3, 0.4) is 0 Å². The highest BCUT2D eigenvalue weighted by atomic mass is 16.5. The third-order valence-electron chi connectivity index (χ3n) is 3.09. The molecular formula is C13H16O3. The quantitative estimate of drug-likeness (QED) is 0.850. The van der Waals surface area contributed by atoms with Gasteiger partial charge in [0.25, 0.3) is 0 Å². The predicted octanol–water partition coefficient (Wildman–Crippen LogP) is 2.37. The molecule has 0 aromatic heterocycles. The molecule has 86 valence electrons. The maximum Gasteiger partial charge on any atom is 0.309 e. The van der Waals surface area contributed by atoms with Gasteiger partial charge in [-0.2, -0.15) is 0 Å². The molecule has 1 heterocycles. The Labute approximate surface area is 95.0 Å². The molecule has 0 fully saturated rings. The molecule has 1 N–H and O–H groups in total. The number of benzene rings is 1. The van der Waals surface area contributed by atoms with Crippen molar-refractivity contribution in [2.75, 3.05) is 0 Å². The Balaban J connectivity index is 2.29. The Morgan fingerprint density at radius 3 is 2.88 bits per heavy atom. The van der Waals surface area contributed by atoms with Crippen LogP contribution in [0, 0.1) is 5.41 Å². The number of ether oxygens (including phenoxy) is 1. The molecule has 2 rings (SSSR count). The summed E-state index contributed by atoms with van der Waals surface area (Å²) in [6, 6.07) is 6.01. The first-order chi connectivity index (χ1) is 7.50. The average Bonchev–Trinajstić information content (AvgIpc) is 2.65. The summed E-state index contributed by atoms with van der Waals surface area (Å²) in [7, 11) is 0. The number of fused-ring (bicyclic) bond motifs is 1. The minimum Gasteiger partial charge on any atom is -0.481 e. The third kappa shape index (κ3) is 1.95. The van der Waals surface area contributed by atoms with E-state index in [4.69, 9.17) is 9.84 Å². The van der Waals surface area contributed by atoms with E-state index in [-0.39, 0.29) is 0 Å². The molecule has 16 heavy (non-hydrogen) atoms. The summed E-state index contributed by atoms with van der Waals surface area (Å²) >= 11 is 0. The SMILES string of the molecule is CC(C)(Cc1cccc2c1COC2)C(=O)O. The lowest BCUT2D eigenvalue weighted by Crippen LogP contribution is -2.26. The van der Waals surface area contributed by atoms with Gasteiger partial charge in [0.2, 0.25) is 0 Å². The molecule has 0 atom stereocenters. The summed E-state index contributed by atoms with van der Waals surface area (Å²) < 4.78 is 5.38. The Morgan fingerprint density at radius 2 is 2.19 bits per heavy atom. The van der Waals surface area contributed by atoms with Crippen molar-refractivity contribution in [1.82, 2.24) is 0 Å². The zero-order valence-corrected chi connectivity index (χ0v) is 9.62. The molecule has 1 aromatic carbocycles. The largest absolute Gasteiger partial charge is 0.481 e. The molecule has 1 aliphatic heterocycles. The number of aliphatic carboxylic acids is 1. The highest BCUT2D eigenvalue weighted by molar-refractivity contribution is 5.74. The smallest absolute Gasteiger partial charge is 0.309 e. The monoisotopic (exact) mass is 220 g/mol. The van der Waals surface area contributed by atoms with Crippen molar-refractivity contribution in [2.45, 2.75) is 33.5 Å². The van der Waals surface area contributed by atoms with Crippen LogP contribution in [0.5, 0.6) is 0 Å². The summed E-state index contributed by atoms with van der Waals surface area (Å²) in [5.74, 6) is -0.760. The Morgan fingerprint density at radius 1 is 1.44 bits per heavy atom. The molecule has 1 aromatic rings. The normalized spacial score (nSPS) is 14.9. The first kappa shape index (κ1) is 11.1. The first-order valence-corrected chi connectivity index (χ1v) is 5.41. The molecule has 3 nitrogen and oxygen atoms in total. The Kier molecular flexibility index (Phi) is 2.72. The number of carbonyl (C=O) groups is 1. The maximum absolute atomic E-state index is 11.1. The van der Waals surface area contributed by atoms with Crippen molar-refractivity contribution >= 4 is 5.97 Å². The van der Waals surface area contributed by atoms with Gasteiger partial charge in [-0.25, -0.2) is 0 Å². The van der Waals surface area contributed by atoms with Crippen LogP contribution >= 0.6 is 0 Å². The Hall–Kier alpha value is -1.35. The fourth-order valence-corrected chi connectivity index (χ4v) is 1.99. The second-order valence-corrected chi connectivity index (χ2v) is 4.91. The molecule has 0 amide bonds. The number of hydrogen-bond donors (Lipinski definition) is 1. The van der Waals surface area contributed by atoms with E-state index in [0.717, 1.165) is 5.56 Å². The lowest BCUT2D eigenvalue weighted by molar-refractivity contribution is -0.146. The summed E-state index contributed by atoms with van der Waals surface area (Å²) in [5, 5.41) is 9.12. The highest BCUT2D eigenvalue weighted by Gasteiger charge is 2.29. The molecule has 0 radical (unpaired) electrons. The van der Waals surface area contributed by atoms with Crippen molar-refractivity contribution in [3.63, 3.8) is 0 Å². The van der Waals surface area contributed by atoms with E-state index in [1.165, 1.54) is 11.1 Å². The second-order valence-electron chi connectivity index (χ2n) is 4.91. The van der Waals surface area contributed by atoms with Crippen molar-refractivity contribution in [3.05, 3.63) is 34.9 Å². The van der Waals surface area contributed by atoms with Gasteiger partial charge in [-0.1, -0.05) is 18.2 Å². The summed E-state index contributed by atoms with van der Waals surface area (Å²) in [6.07, 6.45) is 0.550. The number of hydrogen-bond acceptors (Lipinski definition) is 2. The number of rotatable bonds is 3. The Bertz CT molecular complexity index is 421. The van der Waals surface area contributed by atoms with Crippen LogP contribution in [0.15, 0.2) is 18.2 Å². The topological polar surface area (TPSA) is 46.5 Å². The van der Waals surface area contributed by atoms with E-state index in [9.17, 15) is 4.79 Å². The summed E-state index contributed by atoms with van der Waals surface area (Å²) in [4.78, 5) is 11.1. The lowest BCUT2D eigenvalue weighted by atomic mass is 9.84. The van der Waals surface area contributed by atoms with Crippen LogP contribution in [0.2, 0.25) is 0 Å². The molecular weight excluding hydrogens is 204 g/mol. The first-order valence-electron chi connectivity index (χ1n) is 5.41. The summed E-state index contributed by atoms with van der Waals surface area (Å²) in [6.45, 7) is 4.77. The molecule has 3 heteroatoms. The fraction of sp³-hybridized carbons (Fsp3) is 0.462. The standard InChI is InChI=1S/C13H16O3/c1-13(2,12(14)15)6-9-4-3-5-10-7-16-8-11(9)10/h3-5H,6-8H2,1-2H3,(H,14,15). The minimum atomic E-state index is -0.760. The van der Waals surface area contributed by atoms with Gasteiger partial charge in [0.15, 0.2) is 0 Å². The molecule has 1 aliphatic rings. The van der Waals surface area contributed by atoms with Crippen LogP contribution < -0.4 is 0 Å². The third-order valence-corrected chi connectivity index (χ3v) is 3.09. The van der Waals surface area contributed by atoms with Crippen molar-refractivity contribution < 1.29 is 14.6 Å². The van der Waals surface area contributed by atoms with Crippen molar-refractivity contribution in [3.8, 4) is 0 Å². The number of carboxylic acid groups (broad SMARTS) is 1. The lowest BCUT2D eigenvalue weighted by Gasteiger charge is -2.20. The number of carboxylic acids is 1. The van der Waals surface area contributed by atoms with Gasteiger partial charge in [0, 0.05) is 0 Å². The highest BCUT2D eigenvalue weighted by Crippen LogP contribution is 2.29. The summed E-state index contributed by atoms with van der Waals surface area (Å²) in [5.41, 5.74) is 2.75. The zero-order valence-electron chi connectivity index (χ0n) is 9.62. The molecule has 0 spiro atoms. The predicted molar refractivity (Wildman–Crippen MR) is 60.1 cm³/mol.